The monoisotopic (exact) mass is 296 g/mol. The summed E-state index contributed by atoms with van der Waals surface area (Å²) >= 11 is 1.06. The number of aliphatic hydroxyl groups is 1. The summed E-state index contributed by atoms with van der Waals surface area (Å²) in [4.78, 5) is 4.12. The van der Waals surface area contributed by atoms with Gasteiger partial charge < -0.3 is 19.9 Å². The van der Waals surface area contributed by atoms with E-state index in [0.29, 0.717) is 24.9 Å². The number of anilines is 1. The Morgan fingerprint density at radius 1 is 1.30 bits per heavy atom. The van der Waals surface area contributed by atoms with Crippen molar-refractivity contribution in [1.29, 1.82) is 0 Å². The average molecular weight is 296 g/mol. The van der Waals surface area contributed by atoms with Crippen LogP contribution in [0.5, 0.6) is 11.8 Å². The molecule has 7 nitrogen and oxygen atoms in total. The van der Waals surface area contributed by atoms with Gasteiger partial charge in [0.2, 0.25) is 11.8 Å². The van der Waals surface area contributed by atoms with Gasteiger partial charge in [0.05, 0.1) is 30.2 Å². The van der Waals surface area contributed by atoms with Gasteiger partial charge >= 0.3 is 0 Å². The van der Waals surface area contributed by atoms with Gasteiger partial charge in [0.15, 0.2) is 0 Å². The summed E-state index contributed by atoms with van der Waals surface area (Å²) in [5.74, 6) is 1.01. The number of ether oxygens (including phenoxy) is 2. The zero-order chi connectivity index (χ0) is 14.2. The molecule has 0 fully saturated rings. The third-order valence-corrected chi connectivity index (χ3v) is 2.80. The topological polar surface area (TPSA) is 89.4 Å². The summed E-state index contributed by atoms with van der Waals surface area (Å²) in [6, 6.07) is 3.62. The second-order valence-electron chi connectivity index (χ2n) is 3.91. The lowest BCUT2D eigenvalue weighted by molar-refractivity contribution is 0.115. The quantitative estimate of drug-likeness (QED) is 0.756. The second-order valence-corrected chi connectivity index (χ2v) is 4.47. The van der Waals surface area contributed by atoms with Gasteiger partial charge in [0.1, 0.15) is 18.9 Å². The second kappa shape index (κ2) is 7.61. The number of nitrogens with one attached hydrogen (secondary N) is 1. The zero-order valence-corrected chi connectivity index (χ0v) is 11.8. The number of rotatable bonds is 8. The molecule has 8 heteroatoms. The molecule has 0 saturated heterocycles. The first-order chi connectivity index (χ1) is 9.78. The summed E-state index contributed by atoms with van der Waals surface area (Å²) in [6.07, 6.45) is 2.52. The minimum Gasteiger partial charge on any atom is -0.478 e. The molecular formula is C12H16N4O3S. The number of aliphatic hydroxyl groups excluding tert-OH is 1. The average Bonchev–Trinajstić information content (AvgIpc) is 2.98. The first-order valence-corrected chi connectivity index (χ1v) is 6.92. The molecule has 0 bridgehead atoms. The third kappa shape index (κ3) is 4.63. The Hall–Kier alpha value is -1.93. The van der Waals surface area contributed by atoms with E-state index in [1.807, 2.05) is 13.0 Å². The van der Waals surface area contributed by atoms with Crippen molar-refractivity contribution in [3.63, 3.8) is 0 Å². The van der Waals surface area contributed by atoms with Gasteiger partial charge in [-0.2, -0.15) is 4.37 Å². The van der Waals surface area contributed by atoms with Gasteiger partial charge in [-0.15, -0.1) is 4.37 Å². The van der Waals surface area contributed by atoms with Gasteiger partial charge in [0.25, 0.3) is 0 Å². The molecule has 2 rings (SSSR count). The summed E-state index contributed by atoms with van der Waals surface area (Å²) in [6.45, 7) is 3.00. The van der Waals surface area contributed by atoms with Crippen LogP contribution in [0.3, 0.4) is 0 Å². The number of nitrogens with zero attached hydrogens (tertiary/aromatic N) is 3. The summed E-state index contributed by atoms with van der Waals surface area (Å²) in [5, 5.41) is 12.8. The standard InChI is InChI=1S/C12H16N4O3S/c1-2-18-11-4-3-9(5-14-11)13-6-10(17)8-19-12-7-15-20-16-12/h3-5,7,10,13,17H,2,6,8H2,1H3. The number of hydrogen-bond donors (Lipinski definition) is 2. The molecule has 0 aliphatic carbocycles. The van der Waals surface area contributed by atoms with E-state index in [2.05, 4.69) is 19.0 Å². The van der Waals surface area contributed by atoms with E-state index in [1.165, 1.54) is 6.20 Å². The highest BCUT2D eigenvalue weighted by Crippen LogP contribution is 2.11. The van der Waals surface area contributed by atoms with Crippen molar-refractivity contribution in [2.24, 2.45) is 0 Å². The first kappa shape index (κ1) is 14.5. The van der Waals surface area contributed by atoms with Crippen molar-refractivity contribution in [2.75, 3.05) is 25.1 Å². The molecule has 0 aliphatic rings. The molecule has 2 heterocycles. The van der Waals surface area contributed by atoms with E-state index in [-0.39, 0.29) is 6.61 Å². The minimum absolute atomic E-state index is 0.156. The number of pyridine rings is 1. The van der Waals surface area contributed by atoms with Crippen molar-refractivity contribution in [3.8, 4) is 11.8 Å². The summed E-state index contributed by atoms with van der Waals surface area (Å²) in [7, 11) is 0. The van der Waals surface area contributed by atoms with Crippen molar-refractivity contribution in [2.45, 2.75) is 13.0 Å². The highest BCUT2D eigenvalue weighted by atomic mass is 32.1. The van der Waals surface area contributed by atoms with Crippen molar-refractivity contribution >= 4 is 17.4 Å². The molecule has 0 aromatic carbocycles. The van der Waals surface area contributed by atoms with Gasteiger partial charge in [0, 0.05) is 12.6 Å². The Kier molecular flexibility index (Phi) is 5.51. The molecule has 1 atom stereocenters. The van der Waals surface area contributed by atoms with Gasteiger partial charge in [-0.1, -0.05) is 0 Å². The summed E-state index contributed by atoms with van der Waals surface area (Å²) in [5.41, 5.74) is 0.808. The number of aromatic nitrogens is 3. The van der Waals surface area contributed by atoms with E-state index in [1.54, 1.807) is 12.3 Å². The maximum Gasteiger partial charge on any atom is 0.245 e. The van der Waals surface area contributed by atoms with E-state index < -0.39 is 6.10 Å². The molecule has 2 aromatic heterocycles. The molecular weight excluding hydrogens is 280 g/mol. The van der Waals surface area contributed by atoms with Gasteiger partial charge in [-0.3, -0.25) is 0 Å². The maximum absolute atomic E-state index is 9.77. The summed E-state index contributed by atoms with van der Waals surface area (Å²) < 4.78 is 18.2. The molecule has 2 N–H and O–H groups in total. The lowest BCUT2D eigenvalue weighted by atomic mass is 10.3. The van der Waals surface area contributed by atoms with Crippen LogP contribution in [0.25, 0.3) is 0 Å². The Labute approximate surface area is 120 Å². The highest BCUT2D eigenvalue weighted by molar-refractivity contribution is 6.99. The molecule has 0 radical (unpaired) electrons. The predicted molar refractivity (Wildman–Crippen MR) is 75.3 cm³/mol. The number of hydrogen-bond acceptors (Lipinski definition) is 8. The van der Waals surface area contributed by atoms with Crippen LogP contribution < -0.4 is 14.8 Å². The van der Waals surface area contributed by atoms with Crippen LogP contribution in [0.15, 0.2) is 24.5 Å². The molecule has 108 valence electrons. The van der Waals surface area contributed by atoms with Crippen molar-refractivity contribution < 1.29 is 14.6 Å². The maximum atomic E-state index is 9.77. The molecule has 0 amide bonds. The van der Waals surface area contributed by atoms with E-state index >= 15 is 0 Å². The molecule has 2 aromatic rings. The molecule has 0 aliphatic heterocycles. The lowest BCUT2D eigenvalue weighted by Crippen LogP contribution is -2.26. The fraction of sp³-hybridized carbons (Fsp3) is 0.417. The van der Waals surface area contributed by atoms with Crippen LogP contribution in [0.2, 0.25) is 0 Å². The van der Waals surface area contributed by atoms with Crippen LogP contribution in [-0.2, 0) is 0 Å². The fourth-order valence-electron chi connectivity index (χ4n) is 1.41. The molecule has 20 heavy (non-hydrogen) atoms. The van der Waals surface area contributed by atoms with Crippen molar-refractivity contribution in [3.05, 3.63) is 24.5 Å². The van der Waals surface area contributed by atoms with E-state index in [9.17, 15) is 5.11 Å². The van der Waals surface area contributed by atoms with E-state index in [4.69, 9.17) is 9.47 Å². The van der Waals surface area contributed by atoms with Crippen LogP contribution in [0.4, 0.5) is 5.69 Å². The van der Waals surface area contributed by atoms with Gasteiger partial charge in [-0.25, -0.2) is 4.98 Å². The smallest absolute Gasteiger partial charge is 0.245 e. The predicted octanol–water partition coefficient (Wildman–Crippen LogP) is 1.18. The normalized spacial score (nSPS) is 11.9. The Balaban J connectivity index is 1.71. The lowest BCUT2D eigenvalue weighted by Gasteiger charge is -2.12. The zero-order valence-electron chi connectivity index (χ0n) is 11.0. The largest absolute Gasteiger partial charge is 0.478 e. The van der Waals surface area contributed by atoms with Crippen LogP contribution in [0, 0.1) is 0 Å². The van der Waals surface area contributed by atoms with Crippen LogP contribution in [-0.4, -0.2) is 44.7 Å². The van der Waals surface area contributed by atoms with Crippen molar-refractivity contribution in [1.82, 2.24) is 13.7 Å². The highest BCUT2D eigenvalue weighted by Gasteiger charge is 2.06. The van der Waals surface area contributed by atoms with E-state index in [0.717, 1.165) is 17.4 Å². The van der Waals surface area contributed by atoms with Gasteiger partial charge in [-0.05, 0) is 13.0 Å². The minimum atomic E-state index is -0.650. The Morgan fingerprint density at radius 3 is 2.85 bits per heavy atom. The third-order valence-electron chi connectivity index (χ3n) is 2.34. The molecule has 0 saturated carbocycles. The van der Waals surface area contributed by atoms with Crippen LogP contribution in [0.1, 0.15) is 6.92 Å². The van der Waals surface area contributed by atoms with Crippen LogP contribution >= 0.6 is 11.7 Å². The Morgan fingerprint density at radius 2 is 2.20 bits per heavy atom. The SMILES string of the molecule is CCOc1ccc(NCC(O)COc2cnsn2)cn1. The first-order valence-electron chi connectivity index (χ1n) is 6.19. The molecule has 1 unspecified atom stereocenters. The Bertz CT molecular complexity index is 492. The molecule has 0 spiro atoms. The fourth-order valence-corrected chi connectivity index (χ4v) is 1.78.